The Morgan fingerprint density at radius 2 is 2.06 bits per heavy atom. The van der Waals surface area contributed by atoms with Crippen molar-refractivity contribution in [1.29, 1.82) is 0 Å². The molecule has 1 aromatic carbocycles. The average Bonchev–Trinajstić information content (AvgIpc) is 2.59. The van der Waals surface area contributed by atoms with Crippen LogP contribution in [0.5, 0.6) is 0 Å². The molecule has 0 fully saturated rings. The molecule has 0 aliphatic rings. The van der Waals surface area contributed by atoms with Crippen LogP contribution in [0.25, 0.3) is 10.9 Å². The summed E-state index contributed by atoms with van der Waals surface area (Å²) in [5, 5.41) is 4.00. The zero-order chi connectivity index (χ0) is 11.7. The van der Waals surface area contributed by atoms with Gasteiger partial charge in [-0.2, -0.15) is 0 Å². The highest BCUT2D eigenvalue weighted by Crippen LogP contribution is 2.23. The molecule has 2 aromatic rings. The SMILES string of the molecule is CC(=O)Nc1ccc2ccn(C(C)C)c2c1. The summed E-state index contributed by atoms with van der Waals surface area (Å²) in [6.45, 7) is 5.81. The van der Waals surface area contributed by atoms with E-state index in [4.69, 9.17) is 0 Å². The molecular weight excluding hydrogens is 200 g/mol. The second-order valence-electron chi connectivity index (χ2n) is 4.27. The third kappa shape index (κ3) is 1.94. The molecule has 0 saturated heterocycles. The Bertz CT molecular complexity index is 526. The van der Waals surface area contributed by atoms with Crippen LogP contribution in [0.1, 0.15) is 26.8 Å². The van der Waals surface area contributed by atoms with E-state index in [0.717, 1.165) is 11.2 Å². The zero-order valence-electron chi connectivity index (χ0n) is 9.82. The number of aromatic nitrogens is 1. The molecule has 0 atom stereocenters. The molecule has 0 radical (unpaired) electrons. The molecule has 3 heteroatoms. The van der Waals surface area contributed by atoms with Crippen LogP contribution in [0, 0.1) is 0 Å². The summed E-state index contributed by atoms with van der Waals surface area (Å²) in [6, 6.07) is 8.47. The molecule has 1 amide bonds. The van der Waals surface area contributed by atoms with Crippen molar-refractivity contribution in [3.8, 4) is 0 Å². The Labute approximate surface area is 95.1 Å². The Hall–Kier alpha value is -1.77. The van der Waals surface area contributed by atoms with Gasteiger partial charge in [-0.3, -0.25) is 4.79 Å². The quantitative estimate of drug-likeness (QED) is 0.822. The zero-order valence-corrected chi connectivity index (χ0v) is 9.82. The van der Waals surface area contributed by atoms with Crippen molar-refractivity contribution in [2.75, 3.05) is 5.32 Å². The molecular formula is C13H16N2O. The molecule has 0 saturated carbocycles. The van der Waals surface area contributed by atoms with E-state index < -0.39 is 0 Å². The maximum atomic E-state index is 11.0. The fraction of sp³-hybridized carbons (Fsp3) is 0.308. The number of anilines is 1. The van der Waals surface area contributed by atoms with Gasteiger partial charge in [0.15, 0.2) is 0 Å². The van der Waals surface area contributed by atoms with Gasteiger partial charge in [0.05, 0.1) is 5.52 Å². The summed E-state index contributed by atoms with van der Waals surface area (Å²) >= 11 is 0. The molecule has 1 heterocycles. The topological polar surface area (TPSA) is 34.0 Å². The van der Waals surface area contributed by atoms with Gasteiger partial charge >= 0.3 is 0 Å². The largest absolute Gasteiger partial charge is 0.345 e. The molecule has 0 bridgehead atoms. The number of nitrogens with zero attached hydrogens (tertiary/aromatic N) is 1. The standard InChI is InChI=1S/C13H16N2O/c1-9(2)15-7-6-11-4-5-12(8-13(11)15)14-10(3)16/h4-9H,1-3H3,(H,14,16). The minimum atomic E-state index is -0.0398. The van der Waals surface area contributed by atoms with Crippen LogP contribution in [-0.2, 0) is 4.79 Å². The van der Waals surface area contributed by atoms with E-state index in [0.29, 0.717) is 6.04 Å². The van der Waals surface area contributed by atoms with Crippen molar-refractivity contribution < 1.29 is 4.79 Å². The molecule has 0 aliphatic carbocycles. The summed E-state index contributed by atoms with van der Waals surface area (Å²) < 4.78 is 2.20. The number of amides is 1. The van der Waals surface area contributed by atoms with Crippen LogP contribution in [0.2, 0.25) is 0 Å². The Morgan fingerprint density at radius 3 is 2.69 bits per heavy atom. The lowest BCUT2D eigenvalue weighted by Gasteiger charge is -2.10. The summed E-state index contributed by atoms with van der Waals surface area (Å²) in [4.78, 5) is 11.0. The van der Waals surface area contributed by atoms with E-state index in [1.807, 2.05) is 18.2 Å². The van der Waals surface area contributed by atoms with Crippen molar-refractivity contribution in [3.63, 3.8) is 0 Å². The summed E-state index contributed by atoms with van der Waals surface area (Å²) in [7, 11) is 0. The second kappa shape index (κ2) is 4.00. The molecule has 84 valence electrons. The molecule has 0 aliphatic heterocycles. The van der Waals surface area contributed by atoms with Crippen LogP contribution in [0.15, 0.2) is 30.5 Å². The Morgan fingerprint density at radius 1 is 1.31 bits per heavy atom. The van der Waals surface area contributed by atoms with E-state index >= 15 is 0 Å². The number of benzene rings is 1. The number of hydrogen-bond donors (Lipinski definition) is 1. The summed E-state index contributed by atoms with van der Waals surface area (Å²) in [5.41, 5.74) is 2.00. The predicted octanol–water partition coefficient (Wildman–Crippen LogP) is 3.18. The van der Waals surface area contributed by atoms with Gasteiger partial charge in [0.25, 0.3) is 0 Å². The first kappa shape index (κ1) is 10.7. The maximum Gasteiger partial charge on any atom is 0.221 e. The Kier molecular flexibility index (Phi) is 2.69. The van der Waals surface area contributed by atoms with Gasteiger partial charge in [-0.05, 0) is 37.4 Å². The predicted molar refractivity (Wildman–Crippen MR) is 66.6 cm³/mol. The van der Waals surface area contributed by atoms with Crippen LogP contribution < -0.4 is 5.32 Å². The molecule has 0 unspecified atom stereocenters. The van der Waals surface area contributed by atoms with Crippen molar-refractivity contribution in [3.05, 3.63) is 30.5 Å². The van der Waals surface area contributed by atoms with Crippen molar-refractivity contribution >= 4 is 22.5 Å². The fourth-order valence-electron chi connectivity index (χ4n) is 1.88. The van der Waals surface area contributed by atoms with Crippen molar-refractivity contribution in [2.24, 2.45) is 0 Å². The highest BCUT2D eigenvalue weighted by atomic mass is 16.1. The number of carbonyl (C=O) groups excluding carboxylic acids is 1. The average molecular weight is 216 g/mol. The van der Waals surface area contributed by atoms with Gasteiger partial charge in [0.1, 0.15) is 0 Å². The molecule has 1 aromatic heterocycles. The van der Waals surface area contributed by atoms with Crippen LogP contribution in [0.4, 0.5) is 5.69 Å². The first-order valence-corrected chi connectivity index (χ1v) is 5.46. The van der Waals surface area contributed by atoms with E-state index in [2.05, 4.69) is 36.0 Å². The van der Waals surface area contributed by atoms with Crippen molar-refractivity contribution in [1.82, 2.24) is 4.57 Å². The van der Waals surface area contributed by atoms with E-state index in [1.165, 1.54) is 12.3 Å². The van der Waals surface area contributed by atoms with Crippen LogP contribution in [-0.4, -0.2) is 10.5 Å². The first-order valence-electron chi connectivity index (χ1n) is 5.46. The number of nitrogens with one attached hydrogen (secondary N) is 1. The van der Waals surface area contributed by atoms with E-state index in [-0.39, 0.29) is 5.91 Å². The smallest absolute Gasteiger partial charge is 0.221 e. The highest BCUT2D eigenvalue weighted by Gasteiger charge is 2.05. The van der Waals surface area contributed by atoms with Gasteiger partial charge in [0, 0.05) is 24.8 Å². The molecule has 1 N–H and O–H groups in total. The minimum absolute atomic E-state index is 0.0398. The van der Waals surface area contributed by atoms with Gasteiger partial charge < -0.3 is 9.88 Å². The third-order valence-corrected chi connectivity index (χ3v) is 2.60. The lowest BCUT2D eigenvalue weighted by Crippen LogP contribution is -2.06. The van der Waals surface area contributed by atoms with Gasteiger partial charge in [-0.1, -0.05) is 6.07 Å². The monoisotopic (exact) mass is 216 g/mol. The Balaban J connectivity index is 2.50. The number of fused-ring (bicyclic) bond motifs is 1. The van der Waals surface area contributed by atoms with Crippen LogP contribution >= 0.6 is 0 Å². The molecule has 16 heavy (non-hydrogen) atoms. The maximum absolute atomic E-state index is 11.0. The van der Waals surface area contributed by atoms with Crippen molar-refractivity contribution in [2.45, 2.75) is 26.8 Å². The van der Waals surface area contributed by atoms with E-state index in [9.17, 15) is 4.79 Å². The lowest BCUT2D eigenvalue weighted by atomic mass is 10.2. The third-order valence-electron chi connectivity index (χ3n) is 2.60. The summed E-state index contributed by atoms with van der Waals surface area (Å²) in [5.74, 6) is -0.0398. The molecule has 3 nitrogen and oxygen atoms in total. The van der Waals surface area contributed by atoms with Gasteiger partial charge in [-0.25, -0.2) is 0 Å². The number of rotatable bonds is 2. The second-order valence-corrected chi connectivity index (χ2v) is 4.27. The number of carbonyl (C=O) groups is 1. The van der Waals surface area contributed by atoms with Gasteiger partial charge in [-0.15, -0.1) is 0 Å². The van der Waals surface area contributed by atoms with E-state index in [1.54, 1.807) is 0 Å². The normalized spacial score (nSPS) is 11.0. The molecule has 0 spiro atoms. The first-order chi connectivity index (χ1) is 7.58. The molecule has 2 rings (SSSR count). The van der Waals surface area contributed by atoms with Gasteiger partial charge in [0.2, 0.25) is 5.91 Å². The summed E-state index contributed by atoms with van der Waals surface area (Å²) in [6.07, 6.45) is 2.08. The number of hydrogen-bond acceptors (Lipinski definition) is 1. The fourth-order valence-corrected chi connectivity index (χ4v) is 1.88. The minimum Gasteiger partial charge on any atom is -0.345 e. The highest BCUT2D eigenvalue weighted by molar-refractivity contribution is 5.92. The lowest BCUT2D eigenvalue weighted by molar-refractivity contribution is -0.114. The van der Waals surface area contributed by atoms with Crippen LogP contribution in [0.3, 0.4) is 0 Å².